The molecule has 5 heteroatoms. The first-order chi connectivity index (χ1) is 8.66. The Morgan fingerprint density at radius 1 is 1.39 bits per heavy atom. The summed E-state index contributed by atoms with van der Waals surface area (Å²) in [5.74, 6) is -0.601. The number of aliphatic hydroxyl groups is 1. The van der Waals surface area contributed by atoms with E-state index in [-0.39, 0.29) is 6.10 Å². The first-order valence-corrected chi connectivity index (χ1v) is 5.92. The number of aliphatic carboxylic acids is 1. The molecule has 1 aromatic carbocycles. The van der Waals surface area contributed by atoms with Crippen LogP contribution in [0.5, 0.6) is 5.75 Å². The van der Waals surface area contributed by atoms with Gasteiger partial charge in [-0.2, -0.15) is 0 Å². The average Bonchev–Trinajstić information content (AvgIpc) is 2.40. The summed E-state index contributed by atoms with van der Waals surface area (Å²) in [4.78, 5) is 10.6. The van der Waals surface area contributed by atoms with Crippen molar-refractivity contribution < 1.29 is 24.5 Å². The summed E-state index contributed by atoms with van der Waals surface area (Å²) in [6.45, 7) is 1.36. The Bertz CT molecular complexity index is 394. The molecule has 0 radical (unpaired) electrons. The number of rotatable bonds is 4. The highest BCUT2D eigenvalue weighted by atomic mass is 16.5. The standard InChI is InChI=1S/C13H16O5/c14-12(13(15)16)9-3-5-10(6-4-9)18-11-2-1-7-17-8-11/h3-6,11-12,14H,1-2,7-8H2,(H,15,16). The fraction of sp³-hybridized carbons (Fsp3) is 0.462. The molecule has 0 aromatic heterocycles. The van der Waals surface area contributed by atoms with Gasteiger partial charge in [-0.3, -0.25) is 0 Å². The van der Waals surface area contributed by atoms with Crippen molar-refractivity contribution in [3.8, 4) is 5.75 Å². The molecule has 0 bridgehead atoms. The molecule has 18 heavy (non-hydrogen) atoms. The minimum absolute atomic E-state index is 0.0500. The van der Waals surface area contributed by atoms with Crippen molar-refractivity contribution in [2.45, 2.75) is 25.0 Å². The van der Waals surface area contributed by atoms with Crippen molar-refractivity contribution in [2.24, 2.45) is 0 Å². The van der Waals surface area contributed by atoms with E-state index in [4.69, 9.17) is 14.6 Å². The number of benzene rings is 1. The van der Waals surface area contributed by atoms with Gasteiger partial charge in [-0.05, 0) is 30.5 Å². The van der Waals surface area contributed by atoms with Crippen molar-refractivity contribution in [2.75, 3.05) is 13.2 Å². The van der Waals surface area contributed by atoms with E-state index in [1.54, 1.807) is 24.3 Å². The smallest absolute Gasteiger partial charge is 0.337 e. The van der Waals surface area contributed by atoms with E-state index in [1.807, 2.05) is 0 Å². The SMILES string of the molecule is O=C(O)C(O)c1ccc(OC2CCCOC2)cc1. The molecule has 1 saturated heterocycles. The van der Waals surface area contributed by atoms with Crippen molar-refractivity contribution in [1.29, 1.82) is 0 Å². The van der Waals surface area contributed by atoms with Gasteiger partial charge in [0.05, 0.1) is 6.61 Å². The van der Waals surface area contributed by atoms with Gasteiger partial charge in [0, 0.05) is 6.61 Å². The molecule has 1 heterocycles. The Morgan fingerprint density at radius 2 is 2.11 bits per heavy atom. The maximum Gasteiger partial charge on any atom is 0.337 e. The summed E-state index contributed by atoms with van der Waals surface area (Å²) in [6, 6.07) is 6.43. The van der Waals surface area contributed by atoms with E-state index < -0.39 is 12.1 Å². The molecule has 5 nitrogen and oxygen atoms in total. The second-order valence-electron chi connectivity index (χ2n) is 4.27. The van der Waals surface area contributed by atoms with Gasteiger partial charge in [-0.25, -0.2) is 4.79 Å². The highest BCUT2D eigenvalue weighted by Crippen LogP contribution is 2.20. The number of ether oxygens (including phenoxy) is 2. The van der Waals surface area contributed by atoms with Crippen molar-refractivity contribution in [1.82, 2.24) is 0 Å². The van der Waals surface area contributed by atoms with Crippen LogP contribution in [0.4, 0.5) is 0 Å². The Labute approximate surface area is 105 Å². The third kappa shape index (κ3) is 3.21. The molecule has 2 unspecified atom stereocenters. The van der Waals surface area contributed by atoms with E-state index in [2.05, 4.69) is 0 Å². The molecule has 0 spiro atoms. The number of carboxylic acid groups (broad SMARTS) is 1. The van der Waals surface area contributed by atoms with Gasteiger partial charge in [0.1, 0.15) is 11.9 Å². The first kappa shape index (κ1) is 12.9. The summed E-state index contributed by atoms with van der Waals surface area (Å²) >= 11 is 0. The van der Waals surface area contributed by atoms with Crippen LogP contribution in [0, 0.1) is 0 Å². The highest BCUT2D eigenvalue weighted by molar-refractivity contribution is 5.74. The summed E-state index contributed by atoms with van der Waals surface area (Å²) in [5, 5.41) is 18.0. The monoisotopic (exact) mass is 252 g/mol. The molecule has 0 saturated carbocycles. The third-order valence-corrected chi connectivity index (χ3v) is 2.85. The van der Waals surface area contributed by atoms with Crippen molar-refractivity contribution in [3.63, 3.8) is 0 Å². The normalized spacial score (nSPS) is 21.3. The van der Waals surface area contributed by atoms with E-state index in [1.165, 1.54) is 0 Å². The summed E-state index contributed by atoms with van der Waals surface area (Å²) < 4.78 is 11.0. The fourth-order valence-corrected chi connectivity index (χ4v) is 1.87. The number of carboxylic acids is 1. The van der Waals surface area contributed by atoms with Crippen LogP contribution in [-0.4, -0.2) is 35.5 Å². The molecule has 1 aromatic rings. The lowest BCUT2D eigenvalue weighted by molar-refractivity contribution is -0.146. The summed E-state index contributed by atoms with van der Waals surface area (Å²) in [6.07, 6.45) is 0.506. The molecule has 1 aliphatic rings. The van der Waals surface area contributed by atoms with Gasteiger partial charge in [-0.1, -0.05) is 12.1 Å². The molecule has 0 aliphatic carbocycles. The molecular formula is C13H16O5. The van der Waals surface area contributed by atoms with Crippen LogP contribution in [0.3, 0.4) is 0 Å². The van der Waals surface area contributed by atoms with E-state index >= 15 is 0 Å². The number of hydrogen-bond donors (Lipinski definition) is 2. The van der Waals surface area contributed by atoms with Gasteiger partial charge in [0.15, 0.2) is 6.10 Å². The molecule has 2 N–H and O–H groups in total. The van der Waals surface area contributed by atoms with Crippen LogP contribution in [-0.2, 0) is 9.53 Å². The van der Waals surface area contributed by atoms with Crippen LogP contribution in [0.25, 0.3) is 0 Å². The van der Waals surface area contributed by atoms with E-state index in [0.717, 1.165) is 19.4 Å². The van der Waals surface area contributed by atoms with Crippen LogP contribution in [0.1, 0.15) is 24.5 Å². The van der Waals surface area contributed by atoms with Gasteiger partial charge < -0.3 is 19.7 Å². The number of aliphatic hydroxyl groups excluding tert-OH is 1. The lowest BCUT2D eigenvalue weighted by Gasteiger charge is -2.23. The summed E-state index contributed by atoms with van der Waals surface area (Å²) in [7, 11) is 0. The zero-order chi connectivity index (χ0) is 13.0. The Morgan fingerprint density at radius 3 is 2.67 bits per heavy atom. The lowest BCUT2D eigenvalue weighted by Crippen LogP contribution is -2.27. The molecule has 2 rings (SSSR count). The zero-order valence-corrected chi connectivity index (χ0v) is 9.91. The molecule has 2 atom stereocenters. The predicted molar refractivity (Wildman–Crippen MR) is 63.5 cm³/mol. The van der Waals surface area contributed by atoms with Gasteiger partial charge in [0.25, 0.3) is 0 Å². The first-order valence-electron chi connectivity index (χ1n) is 5.92. The lowest BCUT2D eigenvalue weighted by atomic mass is 10.1. The van der Waals surface area contributed by atoms with Gasteiger partial charge >= 0.3 is 5.97 Å². The quantitative estimate of drug-likeness (QED) is 0.846. The maximum absolute atomic E-state index is 10.6. The predicted octanol–water partition coefficient (Wildman–Crippen LogP) is 1.36. The third-order valence-electron chi connectivity index (χ3n) is 2.85. The van der Waals surface area contributed by atoms with Crippen LogP contribution in [0.15, 0.2) is 24.3 Å². The average molecular weight is 252 g/mol. The maximum atomic E-state index is 10.6. The summed E-state index contributed by atoms with van der Waals surface area (Å²) in [5.41, 5.74) is 0.342. The van der Waals surface area contributed by atoms with E-state index in [9.17, 15) is 9.90 Å². The molecule has 0 amide bonds. The second kappa shape index (κ2) is 5.84. The number of hydrogen-bond acceptors (Lipinski definition) is 4. The highest BCUT2D eigenvalue weighted by Gasteiger charge is 2.17. The van der Waals surface area contributed by atoms with Crippen molar-refractivity contribution >= 4 is 5.97 Å². The minimum atomic E-state index is -1.49. The second-order valence-corrected chi connectivity index (χ2v) is 4.27. The largest absolute Gasteiger partial charge is 0.488 e. The van der Waals surface area contributed by atoms with Crippen LogP contribution in [0.2, 0.25) is 0 Å². The minimum Gasteiger partial charge on any atom is -0.488 e. The molecule has 1 aliphatic heterocycles. The molecule has 98 valence electrons. The van der Waals surface area contributed by atoms with Crippen LogP contribution < -0.4 is 4.74 Å². The topological polar surface area (TPSA) is 76.0 Å². The van der Waals surface area contributed by atoms with Gasteiger partial charge in [0.2, 0.25) is 0 Å². The fourth-order valence-electron chi connectivity index (χ4n) is 1.87. The molecule has 1 fully saturated rings. The Hall–Kier alpha value is -1.59. The van der Waals surface area contributed by atoms with Crippen LogP contribution >= 0.6 is 0 Å². The Balaban J connectivity index is 1.96. The number of carbonyl (C=O) groups is 1. The molecular weight excluding hydrogens is 236 g/mol. The zero-order valence-electron chi connectivity index (χ0n) is 9.91. The van der Waals surface area contributed by atoms with Crippen molar-refractivity contribution in [3.05, 3.63) is 29.8 Å². The van der Waals surface area contributed by atoms with Gasteiger partial charge in [-0.15, -0.1) is 0 Å². The van der Waals surface area contributed by atoms with E-state index in [0.29, 0.717) is 17.9 Å². The Kier molecular flexibility index (Phi) is 4.17.